The van der Waals surface area contributed by atoms with E-state index in [1.54, 1.807) is 0 Å². The molecule has 0 aliphatic heterocycles. The summed E-state index contributed by atoms with van der Waals surface area (Å²) in [5.74, 6) is -0.612. The highest BCUT2D eigenvalue weighted by Gasteiger charge is 2.12. The van der Waals surface area contributed by atoms with Crippen molar-refractivity contribution in [3.05, 3.63) is 28.2 Å². The van der Waals surface area contributed by atoms with Crippen LogP contribution < -0.4 is 5.32 Å². The Kier molecular flexibility index (Phi) is 4.71. The summed E-state index contributed by atoms with van der Waals surface area (Å²) >= 11 is 3.15. The van der Waals surface area contributed by atoms with Crippen molar-refractivity contribution in [3.8, 4) is 0 Å². The Bertz CT molecular complexity index is 343. The van der Waals surface area contributed by atoms with Gasteiger partial charge in [0.15, 0.2) is 0 Å². The molecule has 16 heavy (non-hydrogen) atoms. The zero-order valence-corrected chi connectivity index (χ0v) is 11.2. The maximum absolute atomic E-state index is 13.5. The van der Waals surface area contributed by atoms with Crippen molar-refractivity contribution in [2.24, 2.45) is 5.92 Å². The molecule has 0 radical (unpaired) electrons. The largest absolute Gasteiger partial charge is 0.379 e. The number of benzene rings is 1. The number of rotatable bonds is 4. The zero-order chi connectivity index (χ0) is 12.3. The lowest BCUT2D eigenvalue weighted by molar-refractivity contribution is 0.533. The van der Waals surface area contributed by atoms with E-state index in [9.17, 15) is 8.78 Å². The zero-order valence-electron chi connectivity index (χ0n) is 9.65. The molecule has 0 aliphatic rings. The van der Waals surface area contributed by atoms with Gasteiger partial charge >= 0.3 is 0 Å². The number of hydrogen-bond donors (Lipinski definition) is 1. The van der Waals surface area contributed by atoms with Gasteiger partial charge in [-0.2, -0.15) is 0 Å². The first-order chi connectivity index (χ1) is 7.40. The Morgan fingerprint density at radius 2 is 1.88 bits per heavy atom. The molecule has 1 nitrogen and oxygen atoms in total. The molecule has 0 bridgehead atoms. The second-order valence-corrected chi connectivity index (χ2v) is 5.27. The van der Waals surface area contributed by atoms with Gasteiger partial charge in [-0.15, -0.1) is 0 Å². The third-order valence-electron chi connectivity index (χ3n) is 2.22. The summed E-state index contributed by atoms with van der Waals surface area (Å²) in [6, 6.07) is 2.29. The molecule has 1 unspecified atom stereocenters. The summed E-state index contributed by atoms with van der Waals surface area (Å²) in [5, 5.41) is 3.05. The minimum Gasteiger partial charge on any atom is -0.379 e. The van der Waals surface area contributed by atoms with Crippen LogP contribution in [-0.2, 0) is 0 Å². The van der Waals surface area contributed by atoms with E-state index in [2.05, 4.69) is 35.1 Å². The Labute approximate surface area is 103 Å². The highest BCUT2D eigenvalue weighted by Crippen LogP contribution is 2.28. The average molecular weight is 292 g/mol. The standard InChI is InChI=1S/C12H16BrF2N/c1-7(2)4-8(3)16-12-10(13)5-9(14)6-11(12)15/h5-8,16H,4H2,1-3H3. The summed E-state index contributed by atoms with van der Waals surface area (Å²) < 4.78 is 26.8. The lowest BCUT2D eigenvalue weighted by atomic mass is 10.1. The molecule has 0 aromatic heterocycles. The lowest BCUT2D eigenvalue weighted by Crippen LogP contribution is -2.18. The van der Waals surface area contributed by atoms with Crippen molar-refractivity contribution in [2.75, 3.05) is 5.32 Å². The SMILES string of the molecule is CC(C)CC(C)Nc1c(F)cc(F)cc1Br. The van der Waals surface area contributed by atoms with Crippen LogP contribution in [0.3, 0.4) is 0 Å². The van der Waals surface area contributed by atoms with Crippen molar-refractivity contribution in [2.45, 2.75) is 33.2 Å². The number of hydrogen-bond acceptors (Lipinski definition) is 1. The fraction of sp³-hybridized carbons (Fsp3) is 0.500. The van der Waals surface area contributed by atoms with Crippen molar-refractivity contribution in [1.82, 2.24) is 0 Å². The van der Waals surface area contributed by atoms with Gasteiger partial charge in [-0.3, -0.25) is 0 Å². The minimum atomic E-state index is -0.577. The molecule has 1 aromatic carbocycles. The van der Waals surface area contributed by atoms with Gasteiger partial charge in [0.1, 0.15) is 11.6 Å². The predicted octanol–water partition coefficient (Wildman–Crippen LogP) is 4.57. The number of anilines is 1. The fourth-order valence-corrected chi connectivity index (χ4v) is 2.22. The third kappa shape index (κ3) is 3.74. The normalized spacial score (nSPS) is 12.9. The van der Waals surface area contributed by atoms with E-state index in [1.807, 2.05) is 6.92 Å². The highest BCUT2D eigenvalue weighted by molar-refractivity contribution is 9.10. The highest BCUT2D eigenvalue weighted by atomic mass is 79.9. The van der Waals surface area contributed by atoms with E-state index in [0.717, 1.165) is 12.5 Å². The molecule has 0 saturated carbocycles. The summed E-state index contributed by atoms with van der Waals surface area (Å²) in [5.41, 5.74) is 0.328. The Morgan fingerprint density at radius 1 is 1.25 bits per heavy atom. The minimum absolute atomic E-state index is 0.149. The van der Waals surface area contributed by atoms with Gasteiger partial charge in [0, 0.05) is 16.6 Å². The summed E-state index contributed by atoms with van der Waals surface area (Å²) in [6.45, 7) is 6.19. The molecule has 1 atom stereocenters. The summed E-state index contributed by atoms with van der Waals surface area (Å²) in [7, 11) is 0. The van der Waals surface area contributed by atoms with E-state index >= 15 is 0 Å². The van der Waals surface area contributed by atoms with Crippen LogP contribution in [0.1, 0.15) is 27.2 Å². The maximum Gasteiger partial charge on any atom is 0.150 e. The maximum atomic E-state index is 13.5. The van der Waals surface area contributed by atoms with Crippen LogP contribution in [0.4, 0.5) is 14.5 Å². The molecule has 0 aliphatic carbocycles. The van der Waals surface area contributed by atoms with Crippen LogP contribution in [0.15, 0.2) is 16.6 Å². The first kappa shape index (κ1) is 13.4. The van der Waals surface area contributed by atoms with Gasteiger partial charge < -0.3 is 5.32 Å². The van der Waals surface area contributed by atoms with Crippen LogP contribution in [0, 0.1) is 17.6 Å². The van der Waals surface area contributed by atoms with Crippen molar-refractivity contribution in [1.29, 1.82) is 0 Å². The molecule has 1 aromatic rings. The predicted molar refractivity (Wildman–Crippen MR) is 66.6 cm³/mol. The number of halogens is 3. The van der Waals surface area contributed by atoms with Crippen molar-refractivity contribution in [3.63, 3.8) is 0 Å². The number of nitrogens with one attached hydrogen (secondary N) is 1. The smallest absolute Gasteiger partial charge is 0.150 e. The second-order valence-electron chi connectivity index (χ2n) is 4.42. The summed E-state index contributed by atoms with van der Waals surface area (Å²) in [4.78, 5) is 0. The van der Waals surface area contributed by atoms with Gasteiger partial charge in [-0.05, 0) is 41.3 Å². The van der Waals surface area contributed by atoms with E-state index in [-0.39, 0.29) is 6.04 Å². The third-order valence-corrected chi connectivity index (χ3v) is 2.85. The molecule has 0 amide bonds. The Hall–Kier alpha value is -0.640. The average Bonchev–Trinajstić information content (AvgIpc) is 2.09. The van der Waals surface area contributed by atoms with Gasteiger partial charge in [-0.25, -0.2) is 8.78 Å². The van der Waals surface area contributed by atoms with Crippen LogP contribution in [0.2, 0.25) is 0 Å². The van der Waals surface area contributed by atoms with Gasteiger partial charge in [0.25, 0.3) is 0 Å². The summed E-state index contributed by atoms with van der Waals surface area (Å²) in [6.07, 6.45) is 0.934. The molecule has 4 heteroatoms. The molecule has 1 N–H and O–H groups in total. The van der Waals surface area contributed by atoms with Crippen molar-refractivity contribution >= 4 is 21.6 Å². The van der Waals surface area contributed by atoms with Crippen LogP contribution in [0.25, 0.3) is 0 Å². The molecular weight excluding hydrogens is 276 g/mol. The van der Waals surface area contributed by atoms with Gasteiger partial charge in [0.05, 0.1) is 5.69 Å². The second kappa shape index (κ2) is 5.62. The molecule has 0 fully saturated rings. The molecular formula is C12H16BrF2N. The first-order valence-electron chi connectivity index (χ1n) is 5.31. The monoisotopic (exact) mass is 291 g/mol. The van der Waals surface area contributed by atoms with E-state index < -0.39 is 11.6 Å². The quantitative estimate of drug-likeness (QED) is 0.857. The van der Waals surface area contributed by atoms with E-state index in [1.165, 1.54) is 6.07 Å². The lowest BCUT2D eigenvalue weighted by Gasteiger charge is -2.18. The van der Waals surface area contributed by atoms with Crippen LogP contribution in [0.5, 0.6) is 0 Å². The Morgan fingerprint density at radius 3 is 2.38 bits per heavy atom. The molecule has 0 spiro atoms. The fourth-order valence-electron chi connectivity index (χ4n) is 1.69. The van der Waals surface area contributed by atoms with E-state index in [0.29, 0.717) is 16.1 Å². The molecule has 0 saturated heterocycles. The molecule has 1 rings (SSSR count). The Balaban J connectivity index is 2.81. The van der Waals surface area contributed by atoms with Crippen molar-refractivity contribution < 1.29 is 8.78 Å². The molecule has 0 heterocycles. The van der Waals surface area contributed by atoms with E-state index in [4.69, 9.17) is 0 Å². The van der Waals surface area contributed by atoms with Gasteiger partial charge in [0.2, 0.25) is 0 Å². The first-order valence-corrected chi connectivity index (χ1v) is 6.10. The topological polar surface area (TPSA) is 12.0 Å². The van der Waals surface area contributed by atoms with Gasteiger partial charge in [-0.1, -0.05) is 13.8 Å². The van der Waals surface area contributed by atoms with Crippen LogP contribution in [-0.4, -0.2) is 6.04 Å². The van der Waals surface area contributed by atoms with Crippen LogP contribution >= 0.6 is 15.9 Å². The molecule has 90 valence electrons.